The summed E-state index contributed by atoms with van der Waals surface area (Å²) in [5, 5.41) is 22.6. The number of phenolic OH excluding ortho intramolecular Hbond substituents is 1. The van der Waals surface area contributed by atoms with Crippen molar-refractivity contribution in [2.75, 3.05) is 0 Å². The quantitative estimate of drug-likeness (QED) is 0.240. The number of non-ortho nitro benzene ring substituents is 1. The van der Waals surface area contributed by atoms with Gasteiger partial charge in [0.15, 0.2) is 0 Å². The molecule has 1 saturated carbocycles. The fraction of sp³-hybridized carbons (Fsp3) is 0.458. The van der Waals surface area contributed by atoms with Crippen LogP contribution < -0.4 is 0 Å². The molecule has 3 atom stereocenters. The van der Waals surface area contributed by atoms with Crippen LogP contribution in [-0.2, 0) is 26.3 Å². The molecule has 172 valence electrons. The Labute approximate surface area is 209 Å². The molecule has 1 fully saturated rings. The summed E-state index contributed by atoms with van der Waals surface area (Å²) in [6, 6.07) is 12.8. The van der Waals surface area contributed by atoms with Crippen LogP contribution in [-0.4, -0.2) is 22.3 Å². The van der Waals surface area contributed by atoms with Crippen LogP contribution in [0.2, 0.25) is 0 Å². The van der Waals surface area contributed by atoms with E-state index in [0.717, 1.165) is 18.4 Å². The third-order valence-electron chi connectivity index (χ3n) is 6.57. The van der Waals surface area contributed by atoms with Crippen molar-refractivity contribution >= 4 is 28.9 Å². The van der Waals surface area contributed by atoms with Crippen LogP contribution in [0.1, 0.15) is 63.6 Å². The van der Waals surface area contributed by atoms with Crippen molar-refractivity contribution in [3.05, 3.63) is 69.3 Å². The molecule has 0 saturated heterocycles. The van der Waals surface area contributed by atoms with Gasteiger partial charge in [0.25, 0.3) is 5.69 Å². The van der Waals surface area contributed by atoms with E-state index in [4.69, 9.17) is 22.0 Å². The second kappa shape index (κ2) is 12.3. The summed E-state index contributed by atoms with van der Waals surface area (Å²) in [6.07, 6.45) is 5.00. The molecule has 2 aromatic carbocycles. The van der Waals surface area contributed by atoms with E-state index < -0.39 is 31.2 Å². The Hall–Kier alpha value is -1.23. The molecule has 0 bridgehead atoms. The number of nitro benzene ring substituents is 1. The molecule has 0 radical (unpaired) electrons. The predicted molar refractivity (Wildman–Crippen MR) is 129 cm³/mol. The van der Waals surface area contributed by atoms with Crippen molar-refractivity contribution < 1.29 is 30.9 Å². The third-order valence-corrected chi connectivity index (χ3v) is 6.57. The Morgan fingerprint density at radius 2 is 1.81 bits per heavy atom. The van der Waals surface area contributed by atoms with Crippen LogP contribution in [0.3, 0.4) is 0 Å². The van der Waals surface area contributed by atoms with Gasteiger partial charge in [-0.1, -0.05) is 70.9 Å². The molecule has 1 aliphatic carbocycles. The van der Waals surface area contributed by atoms with Gasteiger partial charge in [-0.15, -0.1) is 0 Å². The summed E-state index contributed by atoms with van der Waals surface area (Å²) >= 11 is -0.826. The Morgan fingerprint density at radius 1 is 1.19 bits per heavy atom. The zero-order valence-corrected chi connectivity index (χ0v) is 22.9. The number of hydrogen-bond donors (Lipinski definition) is 1. The van der Waals surface area contributed by atoms with Gasteiger partial charge in [-0.3, -0.25) is 15.1 Å². The standard InChI is InChI=1S/C24H30N2O3.2ClH.Zr/c1-16-9-8-12-22(17(16)2)25-15-18-13-20(26(28)29)14-21(23(18)27)24(3,4)19-10-6-5-7-11-19;;;/h5-7,10-11,13-17,22,27H,8-9,12H2,1-4H3;2*1H;/q;;;+2/p-2. The first kappa shape index (κ1) is 27.0. The number of halogens is 2. The molecule has 32 heavy (non-hydrogen) atoms. The summed E-state index contributed by atoms with van der Waals surface area (Å²) in [7, 11) is 9.87. The second-order valence-corrected chi connectivity index (χ2v) is 12.6. The molecule has 0 spiro atoms. The van der Waals surface area contributed by atoms with E-state index >= 15 is 0 Å². The van der Waals surface area contributed by atoms with E-state index in [1.807, 2.05) is 44.2 Å². The number of benzene rings is 2. The fourth-order valence-electron chi connectivity index (χ4n) is 4.27. The van der Waals surface area contributed by atoms with E-state index in [0.29, 0.717) is 23.0 Å². The number of phenols is 1. The normalized spacial score (nSPS) is 21.0. The van der Waals surface area contributed by atoms with E-state index in [-0.39, 0.29) is 17.5 Å². The van der Waals surface area contributed by atoms with Gasteiger partial charge in [0.2, 0.25) is 0 Å². The van der Waals surface area contributed by atoms with Crippen molar-refractivity contribution in [1.82, 2.24) is 0 Å². The molecule has 3 unspecified atom stereocenters. The van der Waals surface area contributed by atoms with E-state index in [2.05, 4.69) is 13.8 Å². The fourth-order valence-corrected chi connectivity index (χ4v) is 4.27. The van der Waals surface area contributed by atoms with Crippen molar-refractivity contribution in [2.24, 2.45) is 16.8 Å². The number of aliphatic imine (C=N–C) groups is 1. The molecule has 1 aliphatic rings. The van der Waals surface area contributed by atoms with Gasteiger partial charge in [0.05, 0.1) is 11.0 Å². The van der Waals surface area contributed by atoms with Gasteiger partial charge < -0.3 is 5.11 Å². The Balaban J connectivity index is 0.00000114. The summed E-state index contributed by atoms with van der Waals surface area (Å²) in [4.78, 5) is 15.9. The van der Waals surface area contributed by atoms with E-state index in [1.54, 1.807) is 6.21 Å². The Kier molecular flexibility index (Phi) is 10.4. The number of nitrogens with zero attached hydrogens (tertiary/aromatic N) is 2. The summed E-state index contributed by atoms with van der Waals surface area (Å²) in [5.41, 5.74) is 1.29. The summed E-state index contributed by atoms with van der Waals surface area (Å²) in [5.74, 6) is 1.13. The van der Waals surface area contributed by atoms with Crippen molar-refractivity contribution in [3.8, 4) is 5.75 Å². The number of aromatic hydroxyl groups is 1. The van der Waals surface area contributed by atoms with Gasteiger partial charge in [0, 0.05) is 34.9 Å². The Bertz CT molecular complexity index is 938. The van der Waals surface area contributed by atoms with Crippen molar-refractivity contribution in [1.29, 1.82) is 0 Å². The van der Waals surface area contributed by atoms with Crippen LogP contribution in [0.4, 0.5) is 5.69 Å². The number of hydrogen-bond acceptors (Lipinski definition) is 4. The first-order valence-corrected chi connectivity index (χ1v) is 17.0. The SMILES string of the molecule is CC1CCCC(N=Cc2cc([N+](=O)[O-])cc(C(C)(C)c3ccccc3)c2O)C1C.[Cl][Zr][Cl]. The zero-order chi connectivity index (χ0) is 23.9. The van der Waals surface area contributed by atoms with Crippen LogP contribution in [0.25, 0.3) is 0 Å². The molecule has 8 heteroatoms. The molecule has 2 aromatic rings. The monoisotopic (exact) mass is 554 g/mol. The van der Waals surface area contributed by atoms with Crippen LogP contribution in [0, 0.1) is 22.0 Å². The molecule has 3 rings (SSSR count). The van der Waals surface area contributed by atoms with Crippen LogP contribution >= 0.6 is 17.0 Å². The molecule has 0 amide bonds. The van der Waals surface area contributed by atoms with E-state index in [1.165, 1.54) is 18.6 Å². The molecule has 0 aliphatic heterocycles. The maximum atomic E-state index is 11.6. The number of rotatable bonds is 5. The molecule has 5 nitrogen and oxygen atoms in total. The molecule has 0 aromatic heterocycles. The molecule has 0 heterocycles. The minimum absolute atomic E-state index is 0.0340. The molecular weight excluding hydrogens is 526 g/mol. The minimum atomic E-state index is -0.826. The molecular formula is C24H30Cl2N2O3Zr. The average Bonchev–Trinajstić information content (AvgIpc) is 2.76. The van der Waals surface area contributed by atoms with Crippen molar-refractivity contribution in [2.45, 2.75) is 58.4 Å². The average molecular weight is 557 g/mol. The maximum absolute atomic E-state index is 11.6. The third kappa shape index (κ3) is 6.65. The second-order valence-electron chi connectivity index (χ2n) is 8.86. The first-order valence-electron chi connectivity index (χ1n) is 10.7. The van der Waals surface area contributed by atoms with Crippen LogP contribution in [0.5, 0.6) is 5.75 Å². The first-order chi connectivity index (χ1) is 15.1. The topological polar surface area (TPSA) is 75.7 Å². The zero-order valence-electron chi connectivity index (χ0n) is 18.9. The van der Waals surface area contributed by atoms with Gasteiger partial charge >= 0.3 is 37.9 Å². The molecule has 1 N–H and O–H groups in total. The Morgan fingerprint density at radius 3 is 2.41 bits per heavy atom. The van der Waals surface area contributed by atoms with Crippen molar-refractivity contribution in [3.63, 3.8) is 0 Å². The summed E-state index contributed by atoms with van der Waals surface area (Å²) < 4.78 is 0. The predicted octanol–water partition coefficient (Wildman–Crippen LogP) is 7.25. The number of nitro groups is 1. The van der Waals surface area contributed by atoms with Gasteiger partial charge in [0.1, 0.15) is 5.75 Å². The van der Waals surface area contributed by atoms with Gasteiger partial charge in [-0.25, -0.2) is 0 Å². The van der Waals surface area contributed by atoms with E-state index in [9.17, 15) is 15.2 Å². The van der Waals surface area contributed by atoms with Gasteiger partial charge in [-0.2, -0.15) is 0 Å². The summed E-state index contributed by atoms with van der Waals surface area (Å²) in [6.45, 7) is 8.39. The van der Waals surface area contributed by atoms with Gasteiger partial charge in [-0.05, 0) is 23.8 Å². The van der Waals surface area contributed by atoms with Crippen LogP contribution in [0.15, 0.2) is 47.5 Å².